The third kappa shape index (κ3) is 5.11. The molecule has 1 saturated carbocycles. The first-order chi connectivity index (χ1) is 14.6. The number of carbonyl (C=O) groups excluding carboxylic acids is 3. The van der Waals surface area contributed by atoms with Crippen molar-refractivity contribution in [3.63, 3.8) is 0 Å². The molecule has 0 aliphatic heterocycles. The Bertz CT molecular complexity index is 1020. The predicted octanol–water partition coefficient (Wildman–Crippen LogP) is 3.80. The Kier molecular flexibility index (Phi) is 7.09. The first kappa shape index (κ1) is 23.3. The normalized spacial score (nSPS) is 18.5. The molecule has 7 nitrogen and oxygen atoms in total. The van der Waals surface area contributed by atoms with Crippen molar-refractivity contribution in [2.45, 2.75) is 51.7 Å². The molecular formula is C22H25Cl2N3O4. The minimum absolute atomic E-state index is 0.142. The number of nitrogens with one attached hydrogen (secondary N) is 2. The van der Waals surface area contributed by atoms with Crippen LogP contribution in [0.25, 0.3) is 0 Å². The fourth-order valence-electron chi connectivity index (χ4n) is 4.03. The molecule has 0 bridgehead atoms. The number of carbonyl (C=O) groups is 3. The lowest BCUT2D eigenvalue weighted by Gasteiger charge is -2.25. The highest BCUT2D eigenvalue weighted by atomic mass is 35.5. The molecular weight excluding hydrogens is 441 g/mol. The lowest BCUT2D eigenvalue weighted by atomic mass is 9.93. The van der Waals surface area contributed by atoms with Crippen molar-refractivity contribution in [1.82, 2.24) is 9.88 Å². The number of anilines is 1. The summed E-state index contributed by atoms with van der Waals surface area (Å²) in [6.45, 7) is 3.36. The molecule has 9 heteroatoms. The van der Waals surface area contributed by atoms with Gasteiger partial charge < -0.3 is 20.3 Å². The third-order valence-corrected chi connectivity index (χ3v) is 6.17. The number of nitrogens with zero attached hydrogens (tertiary/aromatic N) is 1. The summed E-state index contributed by atoms with van der Waals surface area (Å²) in [5.41, 5.74) is 1.89. The highest BCUT2D eigenvalue weighted by molar-refractivity contribution is 6.43. The summed E-state index contributed by atoms with van der Waals surface area (Å²) < 4.78 is 1.56. The minimum Gasteiger partial charge on any atom is -0.393 e. The lowest BCUT2D eigenvalue weighted by Crippen LogP contribution is -2.42. The van der Waals surface area contributed by atoms with Crippen LogP contribution in [0.1, 0.15) is 57.8 Å². The van der Waals surface area contributed by atoms with Gasteiger partial charge in [0.25, 0.3) is 17.6 Å². The molecule has 2 aromatic rings. The van der Waals surface area contributed by atoms with E-state index in [-0.39, 0.29) is 17.8 Å². The molecule has 1 aliphatic rings. The standard InChI is InChI=1S/C22H25Cl2N3O4/c1-11-18(21(30)26-16-9-13(23)8-14(24)10-16)12(2)27(3)19(11)20(29)22(31)25-15-4-6-17(28)7-5-15/h8-10,15,17,28H,4-7H2,1-3H3,(H,25,31)(H,26,30). The van der Waals surface area contributed by atoms with Gasteiger partial charge in [-0.15, -0.1) is 0 Å². The van der Waals surface area contributed by atoms with E-state index in [1.807, 2.05) is 0 Å². The molecule has 0 saturated heterocycles. The first-order valence-electron chi connectivity index (χ1n) is 10.0. The third-order valence-electron chi connectivity index (χ3n) is 5.73. The van der Waals surface area contributed by atoms with E-state index < -0.39 is 17.6 Å². The summed E-state index contributed by atoms with van der Waals surface area (Å²) >= 11 is 12.0. The Morgan fingerprint density at radius 1 is 1.03 bits per heavy atom. The number of rotatable bonds is 5. The van der Waals surface area contributed by atoms with Gasteiger partial charge >= 0.3 is 0 Å². The van der Waals surface area contributed by atoms with Crippen molar-refractivity contribution in [2.75, 3.05) is 5.32 Å². The van der Waals surface area contributed by atoms with Gasteiger partial charge in [0.15, 0.2) is 0 Å². The SMILES string of the molecule is Cc1c(C(=O)Nc2cc(Cl)cc(Cl)c2)c(C)n(C)c1C(=O)C(=O)NC1CCC(O)CC1. The molecule has 1 aromatic heterocycles. The second kappa shape index (κ2) is 9.42. The van der Waals surface area contributed by atoms with Crippen LogP contribution in [0.3, 0.4) is 0 Å². The Morgan fingerprint density at radius 2 is 1.61 bits per heavy atom. The van der Waals surface area contributed by atoms with Crippen LogP contribution in [0.4, 0.5) is 5.69 Å². The molecule has 0 atom stereocenters. The largest absolute Gasteiger partial charge is 0.393 e. The molecule has 0 unspecified atom stereocenters. The van der Waals surface area contributed by atoms with Crippen molar-refractivity contribution in [3.05, 3.63) is 50.8 Å². The zero-order chi connectivity index (χ0) is 22.9. The number of hydrogen-bond acceptors (Lipinski definition) is 4. The van der Waals surface area contributed by atoms with Crippen LogP contribution in [0.15, 0.2) is 18.2 Å². The first-order valence-corrected chi connectivity index (χ1v) is 10.8. The fraction of sp³-hybridized carbons (Fsp3) is 0.409. The summed E-state index contributed by atoms with van der Waals surface area (Å²) in [7, 11) is 1.65. The Balaban J connectivity index is 1.81. The van der Waals surface area contributed by atoms with E-state index in [1.54, 1.807) is 43.7 Å². The molecule has 3 rings (SSSR count). The summed E-state index contributed by atoms with van der Waals surface area (Å²) in [4.78, 5) is 38.4. The van der Waals surface area contributed by atoms with Crippen LogP contribution in [-0.2, 0) is 11.8 Å². The Morgan fingerprint density at radius 3 is 2.19 bits per heavy atom. The number of Topliss-reactive ketones (excluding diaryl/α,β-unsaturated/α-hetero) is 1. The molecule has 31 heavy (non-hydrogen) atoms. The maximum Gasteiger partial charge on any atom is 0.294 e. The number of ketones is 1. The van der Waals surface area contributed by atoms with E-state index in [4.69, 9.17) is 23.2 Å². The smallest absolute Gasteiger partial charge is 0.294 e. The van der Waals surface area contributed by atoms with Gasteiger partial charge in [-0.25, -0.2) is 0 Å². The predicted molar refractivity (Wildman–Crippen MR) is 120 cm³/mol. The van der Waals surface area contributed by atoms with Crippen molar-refractivity contribution in [2.24, 2.45) is 7.05 Å². The highest BCUT2D eigenvalue weighted by Crippen LogP contribution is 2.26. The molecule has 3 N–H and O–H groups in total. The number of amides is 2. The number of benzene rings is 1. The maximum absolute atomic E-state index is 12.9. The topological polar surface area (TPSA) is 100 Å². The van der Waals surface area contributed by atoms with E-state index in [1.165, 1.54) is 0 Å². The molecule has 0 radical (unpaired) electrons. The molecule has 1 aromatic carbocycles. The highest BCUT2D eigenvalue weighted by Gasteiger charge is 2.30. The molecule has 1 aliphatic carbocycles. The second-order valence-electron chi connectivity index (χ2n) is 7.91. The van der Waals surface area contributed by atoms with E-state index in [0.717, 1.165) is 0 Å². The molecule has 1 heterocycles. The van der Waals surface area contributed by atoms with E-state index >= 15 is 0 Å². The van der Waals surface area contributed by atoms with Crippen molar-refractivity contribution >= 4 is 46.5 Å². The van der Waals surface area contributed by atoms with Gasteiger partial charge in [0, 0.05) is 34.5 Å². The maximum atomic E-state index is 12.9. The monoisotopic (exact) mass is 465 g/mol. The number of aromatic nitrogens is 1. The summed E-state index contributed by atoms with van der Waals surface area (Å²) in [5.74, 6) is -1.83. The number of hydrogen-bond donors (Lipinski definition) is 3. The molecule has 2 amide bonds. The minimum atomic E-state index is -0.710. The van der Waals surface area contributed by atoms with Crippen molar-refractivity contribution in [1.29, 1.82) is 0 Å². The fourth-order valence-corrected chi connectivity index (χ4v) is 4.56. The van der Waals surface area contributed by atoms with Gasteiger partial charge in [-0.2, -0.15) is 0 Å². The summed E-state index contributed by atoms with van der Waals surface area (Å²) in [6.07, 6.45) is 2.10. The van der Waals surface area contributed by atoms with Crippen LogP contribution in [-0.4, -0.2) is 39.4 Å². The molecule has 0 spiro atoms. The zero-order valence-electron chi connectivity index (χ0n) is 17.6. The Hall–Kier alpha value is -2.35. The number of aliphatic hydroxyl groups excluding tert-OH is 1. The van der Waals surface area contributed by atoms with Crippen molar-refractivity contribution < 1.29 is 19.5 Å². The lowest BCUT2D eigenvalue weighted by molar-refractivity contribution is -0.118. The van der Waals surface area contributed by atoms with Crippen molar-refractivity contribution in [3.8, 4) is 0 Å². The van der Waals surface area contributed by atoms with Crippen LogP contribution in [0, 0.1) is 13.8 Å². The van der Waals surface area contributed by atoms with Gasteiger partial charge in [-0.05, 0) is 63.3 Å². The second-order valence-corrected chi connectivity index (χ2v) is 8.79. The van der Waals surface area contributed by atoms with E-state index in [2.05, 4.69) is 10.6 Å². The zero-order valence-corrected chi connectivity index (χ0v) is 19.1. The summed E-state index contributed by atoms with van der Waals surface area (Å²) in [6, 6.07) is 4.55. The molecule has 1 fully saturated rings. The van der Waals surface area contributed by atoms with Gasteiger partial charge in [0.2, 0.25) is 0 Å². The Labute approximate surface area is 190 Å². The van der Waals surface area contributed by atoms with Gasteiger partial charge in [0.1, 0.15) is 0 Å². The van der Waals surface area contributed by atoms with Gasteiger partial charge in [-0.1, -0.05) is 23.2 Å². The quantitative estimate of drug-likeness (QED) is 0.461. The van der Waals surface area contributed by atoms with Crippen LogP contribution in [0.5, 0.6) is 0 Å². The van der Waals surface area contributed by atoms with Gasteiger partial charge in [0.05, 0.1) is 17.4 Å². The van der Waals surface area contributed by atoms with E-state index in [0.29, 0.717) is 58.2 Å². The number of aliphatic hydroxyl groups is 1. The summed E-state index contributed by atoms with van der Waals surface area (Å²) in [5, 5.41) is 15.9. The molecule has 166 valence electrons. The average Bonchev–Trinajstić information content (AvgIpc) is 2.90. The van der Waals surface area contributed by atoms with E-state index in [9.17, 15) is 19.5 Å². The van der Waals surface area contributed by atoms with Crippen LogP contribution < -0.4 is 10.6 Å². The average molecular weight is 466 g/mol. The van der Waals surface area contributed by atoms with Crippen LogP contribution >= 0.6 is 23.2 Å². The number of halogens is 2. The van der Waals surface area contributed by atoms with Crippen LogP contribution in [0.2, 0.25) is 10.0 Å². The van der Waals surface area contributed by atoms with Gasteiger partial charge in [-0.3, -0.25) is 14.4 Å².